The quantitative estimate of drug-likeness (QED) is 0.677. The third-order valence-corrected chi connectivity index (χ3v) is 5.13. The van der Waals surface area contributed by atoms with E-state index >= 15 is 0 Å². The standard InChI is InChI=1S/C18H13BrN2O3S/c19-13-4-2-1-3-12(13)17(22)21-18-20-14(10-25-18)11-5-6-15-16(9-11)24-8-7-23-15/h1-6,9-10H,7-8H2,(H,20,21,22). The lowest BCUT2D eigenvalue weighted by molar-refractivity contribution is 0.102. The average Bonchev–Trinajstić information content (AvgIpc) is 3.10. The van der Waals surface area contributed by atoms with Crippen molar-refractivity contribution in [1.82, 2.24) is 4.98 Å². The molecule has 0 fully saturated rings. The molecule has 0 radical (unpaired) electrons. The van der Waals surface area contributed by atoms with Crippen molar-refractivity contribution in [1.29, 1.82) is 0 Å². The Bertz CT molecular complexity index is 942. The topological polar surface area (TPSA) is 60.5 Å². The highest BCUT2D eigenvalue weighted by Gasteiger charge is 2.15. The Kier molecular flexibility index (Phi) is 4.42. The Morgan fingerprint density at radius 2 is 1.92 bits per heavy atom. The maximum Gasteiger partial charge on any atom is 0.258 e. The van der Waals surface area contributed by atoms with E-state index in [4.69, 9.17) is 9.47 Å². The van der Waals surface area contributed by atoms with Crippen molar-refractivity contribution in [2.24, 2.45) is 0 Å². The second kappa shape index (κ2) is 6.85. The van der Waals surface area contributed by atoms with Gasteiger partial charge in [-0.1, -0.05) is 12.1 Å². The number of carbonyl (C=O) groups excluding carboxylic acids is 1. The zero-order valence-electron chi connectivity index (χ0n) is 13.0. The molecule has 0 atom stereocenters. The van der Waals surface area contributed by atoms with Crippen molar-refractivity contribution in [3.05, 3.63) is 57.9 Å². The number of carbonyl (C=O) groups is 1. The molecule has 1 N–H and O–H groups in total. The molecule has 25 heavy (non-hydrogen) atoms. The summed E-state index contributed by atoms with van der Waals surface area (Å²) < 4.78 is 11.9. The zero-order valence-corrected chi connectivity index (χ0v) is 15.4. The van der Waals surface area contributed by atoms with Crippen LogP contribution in [0.3, 0.4) is 0 Å². The Morgan fingerprint density at radius 3 is 2.76 bits per heavy atom. The lowest BCUT2D eigenvalue weighted by Crippen LogP contribution is -2.15. The van der Waals surface area contributed by atoms with E-state index < -0.39 is 0 Å². The molecule has 0 unspecified atom stereocenters. The average molecular weight is 417 g/mol. The third-order valence-electron chi connectivity index (χ3n) is 3.68. The maximum absolute atomic E-state index is 12.4. The third kappa shape index (κ3) is 3.38. The summed E-state index contributed by atoms with van der Waals surface area (Å²) in [6.45, 7) is 1.11. The highest BCUT2D eigenvalue weighted by molar-refractivity contribution is 9.10. The van der Waals surface area contributed by atoms with Gasteiger partial charge >= 0.3 is 0 Å². The van der Waals surface area contributed by atoms with E-state index in [-0.39, 0.29) is 5.91 Å². The van der Waals surface area contributed by atoms with Crippen LogP contribution in [0.1, 0.15) is 10.4 Å². The van der Waals surface area contributed by atoms with E-state index in [1.165, 1.54) is 11.3 Å². The fourth-order valence-corrected chi connectivity index (χ4v) is 3.66. The predicted molar refractivity (Wildman–Crippen MR) is 101 cm³/mol. The molecule has 7 heteroatoms. The molecular weight excluding hydrogens is 404 g/mol. The van der Waals surface area contributed by atoms with E-state index in [9.17, 15) is 4.79 Å². The summed E-state index contributed by atoms with van der Waals surface area (Å²) in [5.41, 5.74) is 2.27. The molecule has 126 valence electrons. The van der Waals surface area contributed by atoms with Crippen molar-refractivity contribution in [3.63, 3.8) is 0 Å². The number of nitrogens with zero attached hydrogens (tertiary/aromatic N) is 1. The smallest absolute Gasteiger partial charge is 0.258 e. The van der Waals surface area contributed by atoms with Gasteiger partial charge in [0.2, 0.25) is 0 Å². The fraction of sp³-hybridized carbons (Fsp3) is 0.111. The molecule has 0 aliphatic carbocycles. The van der Waals surface area contributed by atoms with Crippen molar-refractivity contribution in [3.8, 4) is 22.8 Å². The second-order valence-electron chi connectivity index (χ2n) is 5.33. The monoisotopic (exact) mass is 416 g/mol. The van der Waals surface area contributed by atoms with Crippen LogP contribution in [0.25, 0.3) is 11.3 Å². The Morgan fingerprint density at radius 1 is 1.12 bits per heavy atom. The minimum absolute atomic E-state index is 0.199. The first kappa shape index (κ1) is 16.1. The highest BCUT2D eigenvalue weighted by atomic mass is 79.9. The van der Waals surface area contributed by atoms with E-state index in [2.05, 4.69) is 26.2 Å². The van der Waals surface area contributed by atoms with Crippen LogP contribution in [0.5, 0.6) is 11.5 Å². The summed E-state index contributed by atoms with van der Waals surface area (Å²) in [5.74, 6) is 1.26. The number of hydrogen-bond acceptors (Lipinski definition) is 5. The van der Waals surface area contributed by atoms with Crippen molar-refractivity contribution in [2.75, 3.05) is 18.5 Å². The van der Waals surface area contributed by atoms with Crippen LogP contribution < -0.4 is 14.8 Å². The molecule has 0 spiro atoms. The first-order chi connectivity index (χ1) is 12.2. The van der Waals surface area contributed by atoms with Gasteiger partial charge in [0, 0.05) is 15.4 Å². The van der Waals surface area contributed by atoms with E-state index in [1.807, 2.05) is 41.8 Å². The number of fused-ring (bicyclic) bond motifs is 1. The van der Waals surface area contributed by atoms with E-state index in [0.717, 1.165) is 27.2 Å². The van der Waals surface area contributed by atoms with Crippen LogP contribution in [0.2, 0.25) is 0 Å². The van der Waals surface area contributed by atoms with Gasteiger partial charge in [0.15, 0.2) is 16.6 Å². The first-order valence-electron chi connectivity index (χ1n) is 7.62. The Labute approximate surface area is 156 Å². The van der Waals surface area contributed by atoms with Gasteiger partial charge in [-0.15, -0.1) is 11.3 Å². The lowest BCUT2D eigenvalue weighted by Gasteiger charge is -2.18. The molecule has 0 saturated carbocycles. The molecular formula is C18H13BrN2O3S. The number of thiazole rings is 1. The Balaban J connectivity index is 1.54. The Hall–Kier alpha value is -2.38. The zero-order chi connectivity index (χ0) is 17.2. The van der Waals surface area contributed by atoms with E-state index in [1.54, 1.807) is 6.07 Å². The number of ether oxygens (including phenoxy) is 2. The normalized spacial score (nSPS) is 12.7. The number of halogens is 1. The number of anilines is 1. The number of amides is 1. The number of aromatic nitrogens is 1. The molecule has 2 aromatic carbocycles. The molecule has 1 aromatic heterocycles. The SMILES string of the molecule is O=C(Nc1nc(-c2ccc3c(c2)OCCO3)cs1)c1ccccc1Br. The molecule has 2 heterocycles. The molecule has 1 aliphatic rings. The summed E-state index contributed by atoms with van der Waals surface area (Å²) in [6, 6.07) is 13.0. The van der Waals surface area contributed by atoms with Crippen LogP contribution in [-0.4, -0.2) is 24.1 Å². The lowest BCUT2D eigenvalue weighted by atomic mass is 10.1. The number of rotatable bonds is 3. The minimum Gasteiger partial charge on any atom is -0.486 e. The molecule has 1 aliphatic heterocycles. The van der Waals surface area contributed by atoms with E-state index in [0.29, 0.717) is 23.9 Å². The van der Waals surface area contributed by atoms with Crippen molar-refractivity contribution < 1.29 is 14.3 Å². The van der Waals surface area contributed by atoms with Gasteiger partial charge in [-0.2, -0.15) is 0 Å². The van der Waals surface area contributed by atoms with Crippen LogP contribution in [-0.2, 0) is 0 Å². The molecule has 4 rings (SSSR count). The molecule has 0 bridgehead atoms. The number of hydrogen-bond donors (Lipinski definition) is 1. The summed E-state index contributed by atoms with van der Waals surface area (Å²) in [5, 5.41) is 5.28. The molecule has 5 nitrogen and oxygen atoms in total. The van der Waals surface area contributed by atoms with Gasteiger partial charge in [-0.3, -0.25) is 10.1 Å². The summed E-state index contributed by atoms with van der Waals surface area (Å²) in [4.78, 5) is 16.9. The first-order valence-corrected chi connectivity index (χ1v) is 9.29. The largest absolute Gasteiger partial charge is 0.486 e. The van der Waals surface area contributed by atoms with Gasteiger partial charge < -0.3 is 9.47 Å². The molecule has 3 aromatic rings. The molecule has 1 amide bonds. The van der Waals surface area contributed by atoms with Crippen LogP contribution in [0.15, 0.2) is 52.3 Å². The van der Waals surface area contributed by atoms with Crippen LogP contribution in [0.4, 0.5) is 5.13 Å². The van der Waals surface area contributed by atoms with Crippen molar-refractivity contribution in [2.45, 2.75) is 0 Å². The van der Waals surface area contributed by atoms with Crippen molar-refractivity contribution >= 4 is 38.3 Å². The maximum atomic E-state index is 12.4. The summed E-state index contributed by atoms with van der Waals surface area (Å²) in [7, 11) is 0. The van der Waals surface area contributed by atoms with Gasteiger partial charge in [0.05, 0.1) is 11.3 Å². The number of benzene rings is 2. The van der Waals surface area contributed by atoms with Gasteiger partial charge in [0.25, 0.3) is 5.91 Å². The molecule has 0 saturated heterocycles. The second-order valence-corrected chi connectivity index (χ2v) is 7.04. The highest BCUT2D eigenvalue weighted by Crippen LogP contribution is 2.35. The van der Waals surface area contributed by atoms with Gasteiger partial charge in [-0.05, 0) is 46.3 Å². The van der Waals surface area contributed by atoms with Gasteiger partial charge in [-0.25, -0.2) is 4.98 Å². The van der Waals surface area contributed by atoms with Crippen LogP contribution in [0, 0.1) is 0 Å². The van der Waals surface area contributed by atoms with Gasteiger partial charge in [0.1, 0.15) is 13.2 Å². The van der Waals surface area contributed by atoms with Crippen LogP contribution >= 0.6 is 27.3 Å². The number of nitrogens with one attached hydrogen (secondary N) is 1. The fourth-order valence-electron chi connectivity index (χ4n) is 2.48. The predicted octanol–water partition coefficient (Wildman–Crippen LogP) is 4.60. The summed E-state index contributed by atoms with van der Waals surface area (Å²) >= 11 is 4.76. The minimum atomic E-state index is -0.199. The summed E-state index contributed by atoms with van der Waals surface area (Å²) in [6.07, 6.45) is 0.